The van der Waals surface area contributed by atoms with Crippen LogP contribution in [0.4, 0.5) is 33.3 Å². The minimum Gasteiger partial charge on any atom is -0.362 e. The molecule has 0 aliphatic carbocycles. The van der Waals surface area contributed by atoms with Crippen molar-refractivity contribution in [2.45, 2.75) is 51.4 Å². The van der Waals surface area contributed by atoms with Crippen molar-refractivity contribution in [1.29, 1.82) is 0 Å². The van der Waals surface area contributed by atoms with Crippen molar-refractivity contribution in [3.05, 3.63) is 88.8 Å². The summed E-state index contributed by atoms with van der Waals surface area (Å²) in [6.45, 7) is 0.714. The second kappa shape index (κ2) is 13.1. The highest BCUT2D eigenvalue weighted by atomic mass is 35.5. The van der Waals surface area contributed by atoms with Crippen molar-refractivity contribution in [3.8, 4) is 11.1 Å². The van der Waals surface area contributed by atoms with Crippen molar-refractivity contribution < 1.29 is 36.3 Å². The molecule has 11 nitrogen and oxygen atoms in total. The lowest BCUT2D eigenvalue weighted by atomic mass is 10.0. The molecule has 264 valence electrons. The molecular weight excluding hydrogens is 699 g/mol. The normalized spacial score (nSPS) is 17.5. The molecule has 2 aliphatic heterocycles. The number of aromatic nitrogens is 5. The molecule has 2 atom stereocenters. The number of nitrogens with one attached hydrogen (secondary N) is 1. The van der Waals surface area contributed by atoms with E-state index in [-0.39, 0.29) is 55.4 Å². The molecule has 0 bridgehead atoms. The number of benzene rings is 3. The van der Waals surface area contributed by atoms with Crippen LogP contribution in [-0.4, -0.2) is 72.3 Å². The summed E-state index contributed by atoms with van der Waals surface area (Å²) in [5.74, 6) is -3.52. The number of carbonyl (C=O) groups excluding carboxylic acids is 3. The van der Waals surface area contributed by atoms with Gasteiger partial charge in [-0.05, 0) is 30.3 Å². The van der Waals surface area contributed by atoms with Crippen LogP contribution in [0.2, 0.25) is 5.02 Å². The first-order valence-electron chi connectivity index (χ1n) is 15.8. The van der Waals surface area contributed by atoms with Gasteiger partial charge in [-0.25, -0.2) is 8.78 Å². The van der Waals surface area contributed by atoms with Gasteiger partial charge in [-0.1, -0.05) is 41.9 Å². The average Bonchev–Trinajstić information content (AvgIpc) is 3.81. The van der Waals surface area contributed by atoms with E-state index in [0.717, 1.165) is 9.47 Å². The number of hydrogen-bond acceptors (Lipinski definition) is 7. The molecule has 2 aliphatic rings. The first-order valence-corrected chi connectivity index (χ1v) is 16.2. The van der Waals surface area contributed by atoms with E-state index < -0.39 is 54.2 Å². The molecular formula is C34H28ClF5N8O3. The van der Waals surface area contributed by atoms with Gasteiger partial charge in [-0.3, -0.25) is 19.1 Å². The van der Waals surface area contributed by atoms with E-state index in [9.17, 15) is 31.9 Å². The van der Waals surface area contributed by atoms with Crippen LogP contribution in [0.3, 0.4) is 0 Å². The van der Waals surface area contributed by atoms with Gasteiger partial charge in [0.25, 0.3) is 0 Å². The Morgan fingerprint density at radius 3 is 2.51 bits per heavy atom. The molecule has 0 saturated carbocycles. The number of hydrogen-bond donors (Lipinski definition) is 1. The topological polar surface area (TPSA) is 118 Å². The predicted molar refractivity (Wildman–Crippen MR) is 176 cm³/mol. The van der Waals surface area contributed by atoms with Crippen molar-refractivity contribution >= 4 is 51.5 Å². The Kier molecular flexibility index (Phi) is 8.73. The largest absolute Gasteiger partial charge is 0.451 e. The molecule has 1 saturated heterocycles. The molecule has 7 rings (SSSR count). The van der Waals surface area contributed by atoms with Crippen LogP contribution in [0.15, 0.2) is 60.7 Å². The van der Waals surface area contributed by atoms with Gasteiger partial charge in [0.05, 0.1) is 24.3 Å². The molecule has 1 N–H and O–H groups in total. The number of Topliss-reactive ketones (excluding diaryl/α,β-unsaturated/α-hetero) is 1. The third kappa shape index (κ3) is 6.39. The molecule has 17 heteroatoms. The van der Waals surface area contributed by atoms with Gasteiger partial charge in [-0.15, -0.1) is 10.2 Å². The minimum absolute atomic E-state index is 0.0118. The highest BCUT2D eigenvalue weighted by Crippen LogP contribution is 2.34. The maximum absolute atomic E-state index is 15.6. The maximum atomic E-state index is 15.6. The number of ketones is 1. The molecule has 1 fully saturated rings. The zero-order valence-corrected chi connectivity index (χ0v) is 27.5. The van der Waals surface area contributed by atoms with Crippen LogP contribution in [0.25, 0.3) is 22.0 Å². The lowest BCUT2D eigenvalue weighted by molar-refractivity contribution is -0.147. The minimum atomic E-state index is -4.64. The molecule has 1 unspecified atom stereocenters. The summed E-state index contributed by atoms with van der Waals surface area (Å²) >= 11 is 6.25. The second-order valence-electron chi connectivity index (χ2n) is 12.3. The summed E-state index contributed by atoms with van der Waals surface area (Å²) < 4.78 is 72.6. The van der Waals surface area contributed by atoms with Gasteiger partial charge in [-0.2, -0.15) is 18.3 Å². The van der Waals surface area contributed by atoms with Crippen molar-refractivity contribution in [2.24, 2.45) is 0 Å². The maximum Gasteiger partial charge on any atom is 0.451 e. The van der Waals surface area contributed by atoms with Crippen molar-refractivity contribution in [2.75, 3.05) is 23.3 Å². The number of alkyl halides is 4. The Labute approximate surface area is 291 Å². The first-order chi connectivity index (χ1) is 24.3. The van der Waals surface area contributed by atoms with Crippen molar-refractivity contribution in [3.63, 3.8) is 0 Å². The molecule has 5 aromatic rings. The van der Waals surface area contributed by atoms with E-state index >= 15 is 4.39 Å². The number of amides is 2. The smallest absolute Gasteiger partial charge is 0.362 e. The molecule has 0 radical (unpaired) electrons. The van der Waals surface area contributed by atoms with Crippen LogP contribution in [0, 0.1) is 5.82 Å². The number of rotatable bonds is 7. The number of anilines is 2. The first kappa shape index (κ1) is 34.1. The summed E-state index contributed by atoms with van der Waals surface area (Å²) in [6.07, 6.45) is -6.46. The Bertz CT molecular complexity index is 2200. The molecule has 2 amide bonds. The van der Waals surface area contributed by atoms with E-state index in [2.05, 4.69) is 20.6 Å². The van der Waals surface area contributed by atoms with E-state index in [1.165, 1.54) is 29.8 Å². The third-order valence-electron chi connectivity index (χ3n) is 9.02. The van der Waals surface area contributed by atoms with Gasteiger partial charge >= 0.3 is 6.18 Å². The van der Waals surface area contributed by atoms with Crippen LogP contribution in [0.1, 0.15) is 35.5 Å². The highest BCUT2D eigenvalue weighted by Gasteiger charge is 2.41. The lowest BCUT2D eigenvalue weighted by Gasteiger charge is -2.30. The summed E-state index contributed by atoms with van der Waals surface area (Å²) in [6, 6.07) is 14.7. The SMILES string of the molecule is CC(=O)c1nn(CC(=O)N2C[C@H](F)CC2C(=O)Nc2cccc(-c3ccccc3Cl)c2F)c2ccc(N3CCn4c(nnc4C(F)(F)F)C3)cc12. The molecule has 0 spiro atoms. The van der Waals surface area contributed by atoms with E-state index in [1.807, 2.05) is 0 Å². The van der Waals surface area contributed by atoms with Gasteiger partial charge in [0.2, 0.25) is 17.6 Å². The fourth-order valence-corrected chi connectivity index (χ4v) is 6.83. The van der Waals surface area contributed by atoms with Crippen LogP contribution in [0.5, 0.6) is 0 Å². The van der Waals surface area contributed by atoms with E-state index in [1.54, 1.807) is 47.4 Å². The summed E-state index contributed by atoms with van der Waals surface area (Å²) in [7, 11) is 0. The second-order valence-corrected chi connectivity index (χ2v) is 12.7. The highest BCUT2D eigenvalue weighted by molar-refractivity contribution is 6.33. The summed E-state index contributed by atoms with van der Waals surface area (Å²) in [5.41, 5.74) is 1.43. The van der Waals surface area contributed by atoms with Crippen LogP contribution >= 0.6 is 11.6 Å². The Morgan fingerprint density at radius 1 is 1.00 bits per heavy atom. The Balaban J connectivity index is 1.10. The fraction of sp³-hybridized carbons (Fsp3) is 0.294. The third-order valence-corrected chi connectivity index (χ3v) is 9.35. The molecule has 3 aromatic carbocycles. The Hall–Kier alpha value is -5.38. The predicted octanol–water partition coefficient (Wildman–Crippen LogP) is 5.91. The molecule has 2 aromatic heterocycles. The lowest BCUT2D eigenvalue weighted by Crippen LogP contribution is -2.44. The van der Waals surface area contributed by atoms with Crippen LogP contribution < -0.4 is 10.2 Å². The molecule has 4 heterocycles. The quantitative estimate of drug-likeness (QED) is 0.164. The zero-order chi connectivity index (χ0) is 36.2. The zero-order valence-electron chi connectivity index (χ0n) is 26.8. The van der Waals surface area contributed by atoms with Gasteiger partial charge in [0.15, 0.2) is 17.4 Å². The number of nitrogens with zero attached hydrogens (tertiary/aromatic N) is 7. The number of likely N-dealkylation sites (tertiary alicyclic amines) is 1. The van der Waals surface area contributed by atoms with Gasteiger partial charge in [0, 0.05) is 53.7 Å². The van der Waals surface area contributed by atoms with E-state index in [0.29, 0.717) is 27.2 Å². The average molecular weight is 727 g/mol. The number of halogens is 6. The monoisotopic (exact) mass is 726 g/mol. The van der Waals surface area contributed by atoms with Crippen molar-refractivity contribution in [1.82, 2.24) is 29.4 Å². The van der Waals surface area contributed by atoms with Gasteiger partial charge < -0.3 is 19.7 Å². The molecule has 51 heavy (non-hydrogen) atoms. The summed E-state index contributed by atoms with van der Waals surface area (Å²) in [4.78, 5) is 42.5. The summed E-state index contributed by atoms with van der Waals surface area (Å²) in [5, 5.41) is 14.6. The fourth-order valence-electron chi connectivity index (χ4n) is 6.59. The number of fused-ring (bicyclic) bond motifs is 2. The van der Waals surface area contributed by atoms with E-state index in [4.69, 9.17) is 11.6 Å². The Morgan fingerprint density at radius 2 is 1.76 bits per heavy atom. The van der Waals surface area contributed by atoms with Gasteiger partial charge in [0.1, 0.15) is 24.5 Å². The number of carbonyl (C=O) groups is 3. The van der Waals surface area contributed by atoms with Crippen LogP contribution in [-0.2, 0) is 35.4 Å². The standard InChI is InChI=1S/C34H28ClF5N8O3/c1-18(49)31-23-14-20(45-11-12-46-28(16-45)42-43-33(46)34(38,39)40)9-10-26(23)48(44-31)17-29(50)47-15-19(36)13-27(47)32(51)41-25-8-4-6-22(30(25)37)21-5-2-3-7-24(21)35/h2-10,14,19,27H,11-13,15-17H2,1H3,(H,41,51)/t19-,27?/m1/s1.